The van der Waals surface area contributed by atoms with Crippen molar-refractivity contribution in [3.8, 4) is 6.07 Å². The Morgan fingerprint density at radius 1 is 1.00 bits per heavy atom. The largest absolute Gasteiger partial charge is 0.515 e. The fourth-order valence-corrected chi connectivity index (χ4v) is 3.34. The van der Waals surface area contributed by atoms with Gasteiger partial charge in [0.05, 0.1) is 30.7 Å². The SMILES string of the molecule is O=C1C(=CO)C(=O)C2CC12.[C-]#[N+]/C(C#N)=C1/C(=CO)C(=O)C2CC12. The molecule has 0 aromatic heterocycles. The van der Waals surface area contributed by atoms with Crippen LogP contribution in [0.25, 0.3) is 4.85 Å². The highest BCUT2D eigenvalue weighted by molar-refractivity contribution is 6.29. The van der Waals surface area contributed by atoms with E-state index >= 15 is 0 Å². The molecule has 0 amide bonds. The predicted molar refractivity (Wildman–Crippen MR) is 78.9 cm³/mol. The van der Waals surface area contributed by atoms with Gasteiger partial charge in [-0.25, -0.2) is 10.1 Å². The molecule has 120 valence electrons. The van der Waals surface area contributed by atoms with Crippen LogP contribution in [0, 0.1) is 41.6 Å². The van der Waals surface area contributed by atoms with Crippen LogP contribution in [0.15, 0.2) is 34.9 Å². The van der Waals surface area contributed by atoms with E-state index in [0.29, 0.717) is 30.9 Å². The topological polar surface area (TPSA) is 120 Å². The number of rotatable bonds is 0. The van der Waals surface area contributed by atoms with Crippen LogP contribution < -0.4 is 0 Å². The summed E-state index contributed by atoms with van der Waals surface area (Å²) in [6.45, 7) is 6.79. The molecule has 7 nitrogen and oxygen atoms in total. The highest BCUT2D eigenvalue weighted by atomic mass is 16.2. The number of nitriles is 1. The number of ketones is 3. The lowest BCUT2D eigenvalue weighted by Gasteiger charge is -2.01. The number of fused-ring (bicyclic) bond motifs is 2. The minimum atomic E-state index is -0.169. The van der Waals surface area contributed by atoms with Gasteiger partial charge in [0, 0.05) is 23.3 Å². The maximum atomic E-state index is 11.4. The quantitative estimate of drug-likeness (QED) is 0.229. The highest BCUT2D eigenvalue weighted by Crippen LogP contribution is 2.56. The summed E-state index contributed by atoms with van der Waals surface area (Å²) in [6, 6.07) is 1.76. The fourth-order valence-electron chi connectivity index (χ4n) is 3.34. The van der Waals surface area contributed by atoms with Crippen molar-refractivity contribution in [2.45, 2.75) is 12.8 Å². The average molecular weight is 324 g/mol. The van der Waals surface area contributed by atoms with E-state index in [-0.39, 0.29) is 57.9 Å². The third-order valence-electron chi connectivity index (χ3n) is 4.78. The first-order chi connectivity index (χ1) is 11.5. The zero-order valence-electron chi connectivity index (χ0n) is 12.4. The van der Waals surface area contributed by atoms with Crippen LogP contribution in [0.2, 0.25) is 0 Å². The smallest absolute Gasteiger partial charge is 0.266 e. The van der Waals surface area contributed by atoms with Gasteiger partial charge in [-0.3, -0.25) is 14.4 Å². The van der Waals surface area contributed by atoms with E-state index in [1.165, 1.54) is 0 Å². The Morgan fingerprint density at radius 3 is 1.88 bits per heavy atom. The second kappa shape index (κ2) is 5.47. The number of carbonyl (C=O) groups excluding carboxylic acids is 3. The molecule has 4 rings (SSSR count). The molecule has 0 radical (unpaired) electrons. The maximum absolute atomic E-state index is 11.4. The molecule has 0 spiro atoms. The molecule has 4 saturated carbocycles. The lowest BCUT2D eigenvalue weighted by Crippen LogP contribution is -2.05. The summed E-state index contributed by atoms with van der Waals surface area (Å²) < 4.78 is 0. The summed E-state index contributed by atoms with van der Waals surface area (Å²) in [4.78, 5) is 36.4. The van der Waals surface area contributed by atoms with E-state index in [0.717, 1.165) is 0 Å². The molecule has 4 unspecified atom stereocenters. The van der Waals surface area contributed by atoms with Crippen molar-refractivity contribution in [1.82, 2.24) is 0 Å². The van der Waals surface area contributed by atoms with Crippen molar-refractivity contribution >= 4 is 17.3 Å². The molecule has 0 aromatic carbocycles. The lowest BCUT2D eigenvalue weighted by atomic mass is 10.0. The first-order valence-electron chi connectivity index (χ1n) is 7.33. The summed E-state index contributed by atoms with van der Waals surface area (Å²) in [7, 11) is 0. The van der Waals surface area contributed by atoms with Gasteiger partial charge in [0.25, 0.3) is 5.70 Å². The normalized spacial score (nSPS) is 35.3. The van der Waals surface area contributed by atoms with Gasteiger partial charge in [-0.15, -0.1) is 0 Å². The third kappa shape index (κ3) is 2.14. The van der Waals surface area contributed by atoms with Crippen molar-refractivity contribution < 1.29 is 24.6 Å². The first kappa shape index (κ1) is 15.7. The Kier molecular flexibility index (Phi) is 3.57. The Morgan fingerprint density at radius 2 is 1.46 bits per heavy atom. The van der Waals surface area contributed by atoms with Crippen LogP contribution in [-0.4, -0.2) is 27.6 Å². The molecule has 0 saturated heterocycles. The molecule has 4 aliphatic carbocycles. The number of nitrogens with zero attached hydrogens (tertiary/aromatic N) is 2. The van der Waals surface area contributed by atoms with Crippen molar-refractivity contribution in [3.63, 3.8) is 0 Å². The minimum absolute atomic E-state index is 0.00116. The van der Waals surface area contributed by atoms with E-state index < -0.39 is 0 Å². The molecule has 0 aliphatic heterocycles. The predicted octanol–water partition coefficient (Wildman–Crippen LogP) is 1.56. The molecule has 0 heterocycles. The number of aliphatic hydroxyl groups excluding tert-OH is 2. The van der Waals surface area contributed by atoms with E-state index in [2.05, 4.69) is 4.85 Å². The van der Waals surface area contributed by atoms with Crippen LogP contribution in [0.5, 0.6) is 0 Å². The van der Waals surface area contributed by atoms with Crippen LogP contribution in [0.4, 0.5) is 0 Å². The lowest BCUT2D eigenvalue weighted by molar-refractivity contribution is -0.119. The number of allylic oxidation sites excluding steroid dienone is 4. The van der Waals surface area contributed by atoms with E-state index in [9.17, 15) is 14.4 Å². The first-order valence-corrected chi connectivity index (χ1v) is 7.33. The van der Waals surface area contributed by atoms with Crippen LogP contribution in [0.3, 0.4) is 0 Å². The molecule has 4 fully saturated rings. The molecular weight excluding hydrogens is 312 g/mol. The molecule has 0 bridgehead atoms. The highest BCUT2D eigenvalue weighted by Gasteiger charge is 2.57. The molecular formula is C17H12N2O5. The van der Waals surface area contributed by atoms with E-state index in [1.54, 1.807) is 6.07 Å². The molecule has 24 heavy (non-hydrogen) atoms. The molecule has 0 aromatic rings. The van der Waals surface area contributed by atoms with Crippen molar-refractivity contribution in [1.29, 1.82) is 5.26 Å². The Balaban J connectivity index is 0.000000149. The molecule has 4 atom stereocenters. The Bertz CT molecular complexity index is 811. The monoisotopic (exact) mass is 324 g/mol. The number of hydrogen-bond donors (Lipinski definition) is 2. The zero-order valence-corrected chi connectivity index (χ0v) is 12.4. The summed E-state index contributed by atoms with van der Waals surface area (Å²) in [5.74, 6) is -0.714. The molecule has 2 N–H and O–H groups in total. The minimum Gasteiger partial charge on any atom is -0.515 e. The second-order valence-electron chi connectivity index (χ2n) is 6.06. The second-order valence-corrected chi connectivity index (χ2v) is 6.06. The summed E-state index contributed by atoms with van der Waals surface area (Å²) in [6.07, 6.45) is 2.77. The van der Waals surface area contributed by atoms with Crippen molar-refractivity contribution in [2.75, 3.05) is 0 Å². The van der Waals surface area contributed by atoms with Crippen molar-refractivity contribution in [2.24, 2.45) is 23.7 Å². The number of aliphatic hydroxyl groups is 2. The summed E-state index contributed by atoms with van der Waals surface area (Å²) >= 11 is 0. The van der Waals surface area contributed by atoms with Gasteiger partial charge in [0.1, 0.15) is 0 Å². The van der Waals surface area contributed by atoms with Gasteiger partial charge in [0.15, 0.2) is 17.3 Å². The molecule has 7 heteroatoms. The zero-order chi connectivity index (χ0) is 17.6. The van der Waals surface area contributed by atoms with Crippen LogP contribution in [-0.2, 0) is 14.4 Å². The third-order valence-corrected chi connectivity index (χ3v) is 4.78. The number of Topliss-reactive ketones (excluding diaryl/α,β-unsaturated/α-hetero) is 3. The Labute approximate surface area is 137 Å². The van der Waals surface area contributed by atoms with E-state index in [4.69, 9.17) is 22.0 Å². The Hall–Kier alpha value is -3.19. The van der Waals surface area contributed by atoms with Gasteiger partial charge in [-0.2, -0.15) is 0 Å². The van der Waals surface area contributed by atoms with Gasteiger partial charge in [0.2, 0.25) is 0 Å². The van der Waals surface area contributed by atoms with Gasteiger partial charge in [-0.1, -0.05) is 0 Å². The van der Waals surface area contributed by atoms with E-state index in [1.807, 2.05) is 0 Å². The standard InChI is InChI=1S/C10H6N2O2.C7H6O3/c1-12-8(3-11)9-5-2-6(5)10(14)7(9)4-13;8-2-5-6(9)3-1-4(3)7(5)10/h4-6,13H,2H2;2-4,8H,1H2/b7-4?,9-8+;. The summed E-state index contributed by atoms with van der Waals surface area (Å²) in [5.41, 5.74) is 0.531. The van der Waals surface area contributed by atoms with Gasteiger partial charge in [-0.05, 0) is 24.3 Å². The van der Waals surface area contributed by atoms with Gasteiger partial charge >= 0.3 is 0 Å². The maximum Gasteiger partial charge on any atom is 0.266 e. The number of hydrogen-bond acceptors (Lipinski definition) is 6. The fraction of sp³-hybridized carbons (Fsp3) is 0.353. The molecule has 4 aliphatic rings. The average Bonchev–Trinajstić information content (AvgIpc) is 3.47. The number of carbonyl (C=O) groups is 3. The summed E-state index contributed by atoms with van der Waals surface area (Å²) in [5, 5.41) is 26.0. The van der Waals surface area contributed by atoms with Crippen LogP contribution in [0.1, 0.15) is 12.8 Å². The van der Waals surface area contributed by atoms with Gasteiger partial charge < -0.3 is 10.2 Å². The van der Waals surface area contributed by atoms with Crippen molar-refractivity contribution in [3.05, 3.63) is 46.4 Å². The van der Waals surface area contributed by atoms with Crippen LogP contribution >= 0.6 is 0 Å².